The van der Waals surface area contributed by atoms with Gasteiger partial charge in [-0.15, -0.1) is 0 Å². The van der Waals surface area contributed by atoms with E-state index in [4.69, 9.17) is 4.43 Å². The third kappa shape index (κ3) is 4.99. The summed E-state index contributed by atoms with van der Waals surface area (Å²) in [4.78, 5) is 0. The third-order valence-electron chi connectivity index (χ3n) is 3.68. The standard InChI is InChI=1S/C12H21F3O4SSi/c1-9(2)21(3,4)19-11-7-5-10(6-8-11)18-20(16,17)12(13,14)15/h5,9,11H,6-8H2,1-4H3/t11-/m1/s1. The Morgan fingerprint density at radius 3 is 2.29 bits per heavy atom. The molecule has 1 aliphatic carbocycles. The molecule has 4 nitrogen and oxygen atoms in total. The van der Waals surface area contributed by atoms with Crippen LogP contribution in [0, 0.1) is 0 Å². The molecule has 0 radical (unpaired) electrons. The first-order valence-electron chi connectivity index (χ1n) is 6.73. The van der Waals surface area contributed by atoms with Gasteiger partial charge in [0.2, 0.25) is 0 Å². The van der Waals surface area contributed by atoms with Gasteiger partial charge in [-0.25, -0.2) is 0 Å². The summed E-state index contributed by atoms with van der Waals surface area (Å²) < 4.78 is 68.7. The molecule has 0 saturated carbocycles. The molecule has 0 bridgehead atoms. The molecule has 0 unspecified atom stereocenters. The minimum absolute atomic E-state index is 0.0880. The summed E-state index contributed by atoms with van der Waals surface area (Å²) in [5.41, 5.74) is -4.97. The van der Waals surface area contributed by atoms with E-state index in [0.29, 0.717) is 18.4 Å². The van der Waals surface area contributed by atoms with Crippen LogP contribution < -0.4 is 0 Å². The maximum atomic E-state index is 12.2. The normalized spacial score (nSPS) is 21.3. The number of allylic oxidation sites excluding steroid dienone is 1. The lowest BCUT2D eigenvalue weighted by Crippen LogP contribution is -2.39. The van der Waals surface area contributed by atoms with Gasteiger partial charge in [-0.1, -0.05) is 13.8 Å². The van der Waals surface area contributed by atoms with Gasteiger partial charge >= 0.3 is 15.6 Å². The van der Waals surface area contributed by atoms with Crippen molar-refractivity contribution in [3.63, 3.8) is 0 Å². The molecule has 1 rings (SSSR count). The van der Waals surface area contributed by atoms with E-state index in [2.05, 4.69) is 31.1 Å². The average Bonchev–Trinajstić information content (AvgIpc) is 2.29. The number of halogens is 3. The van der Waals surface area contributed by atoms with Crippen molar-refractivity contribution in [2.75, 3.05) is 0 Å². The fourth-order valence-electron chi connectivity index (χ4n) is 1.72. The van der Waals surface area contributed by atoms with Crippen molar-refractivity contribution < 1.29 is 30.2 Å². The Morgan fingerprint density at radius 2 is 1.90 bits per heavy atom. The van der Waals surface area contributed by atoms with E-state index >= 15 is 0 Å². The van der Waals surface area contributed by atoms with E-state index in [1.165, 1.54) is 6.08 Å². The lowest BCUT2D eigenvalue weighted by atomic mass is 10.0. The lowest BCUT2D eigenvalue weighted by Gasteiger charge is -2.33. The summed E-state index contributed by atoms with van der Waals surface area (Å²) in [6.07, 6.45) is 2.24. The third-order valence-corrected chi connectivity index (χ3v) is 8.40. The monoisotopic (exact) mass is 346 g/mol. The van der Waals surface area contributed by atoms with Crippen LogP contribution in [0.1, 0.15) is 33.1 Å². The molecule has 0 aliphatic heterocycles. The minimum atomic E-state index is -5.56. The Hall–Kier alpha value is -0.543. The summed E-state index contributed by atoms with van der Waals surface area (Å²) in [6, 6.07) is 0. The highest BCUT2D eigenvalue weighted by atomic mass is 32.2. The van der Waals surface area contributed by atoms with E-state index < -0.39 is 23.9 Å². The predicted molar refractivity (Wildman–Crippen MR) is 75.4 cm³/mol. The summed E-state index contributed by atoms with van der Waals surface area (Å²) in [5.74, 6) is -0.156. The van der Waals surface area contributed by atoms with Crippen molar-refractivity contribution in [2.45, 2.75) is 63.4 Å². The first-order valence-corrected chi connectivity index (χ1v) is 11.1. The van der Waals surface area contributed by atoms with Crippen LogP contribution in [0.25, 0.3) is 0 Å². The van der Waals surface area contributed by atoms with E-state index in [1.54, 1.807) is 0 Å². The van der Waals surface area contributed by atoms with Gasteiger partial charge in [0.25, 0.3) is 0 Å². The summed E-state index contributed by atoms with van der Waals surface area (Å²) in [5, 5.41) is 0. The Bertz CT molecular complexity index is 497. The largest absolute Gasteiger partial charge is 0.534 e. The molecule has 0 fully saturated rings. The molecule has 0 aromatic heterocycles. The summed E-state index contributed by atoms with van der Waals surface area (Å²) in [7, 11) is -7.40. The van der Waals surface area contributed by atoms with Crippen molar-refractivity contribution in [3.8, 4) is 0 Å². The van der Waals surface area contributed by atoms with Crippen LogP contribution in [0.3, 0.4) is 0 Å². The fraction of sp³-hybridized carbons (Fsp3) is 0.833. The molecule has 0 spiro atoms. The average molecular weight is 346 g/mol. The molecule has 1 aliphatic rings. The van der Waals surface area contributed by atoms with Gasteiger partial charge in [-0.2, -0.15) is 21.6 Å². The first-order chi connectivity index (χ1) is 9.35. The number of rotatable bonds is 5. The topological polar surface area (TPSA) is 52.6 Å². The molecule has 21 heavy (non-hydrogen) atoms. The van der Waals surface area contributed by atoms with Crippen molar-refractivity contribution >= 4 is 18.4 Å². The van der Waals surface area contributed by atoms with Gasteiger partial charge in [-0.05, 0) is 37.6 Å². The Labute approximate surface area is 124 Å². The molecule has 0 N–H and O–H groups in total. The van der Waals surface area contributed by atoms with Gasteiger partial charge in [0.1, 0.15) is 5.76 Å². The smallest absolute Gasteiger partial charge is 0.414 e. The molecule has 0 saturated heterocycles. The summed E-state index contributed by atoms with van der Waals surface area (Å²) >= 11 is 0. The van der Waals surface area contributed by atoms with Gasteiger partial charge < -0.3 is 8.61 Å². The van der Waals surface area contributed by atoms with E-state index in [-0.39, 0.29) is 18.3 Å². The maximum absolute atomic E-state index is 12.2. The van der Waals surface area contributed by atoms with Crippen molar-refractivity contribution in [1.29, 1.82) is 0 Å². The van der Waals surface area contributed by atoms with Crippen molar-refractivity contribution in [1.82, 2.24) is 0 Å². The zero-order chi connectivity index (χ0) is 16.5. The van der Waals surface area contributed by atoms with Crippen LogP contribution in [0.2, 0.25) is 18.6 Å². The molecule has 0 aromatic rings. The second kappa shape index (κ2) is 6.29. The van der Waals surface area contributed by atoms with Gasteiger partial charge in [0.15, 0.2) is 8.32 Å². The molecule has 1 atom stereocenters. The summed E-state index contributed by atoms with van der Waals surface area (Å²) in [6.45, 7) is 8.33. The second-order valence-corrected chi connectivity index (χ2v) is 12.1. The van der Waals surface area contributed by atoms with Crippen LogP contribution in [-0.2, 0) is 18.7 Å². The van der Waals surface area contributed by atoms with Crippen LogP contribution in [0.5, 0.6) is 0 Å². The van der Waals surface area contributed by atoms with E-state index in [1.807, 2.05) is 0 Å². The zero-order valence-electron chi connectivity index (χ0n) is 12.5. The molecule has 0 aromatic carbocycles. The zero-order valence-corrected chi connectivity index (χ0v) is 14.3. The molecule has 0 heterocycles. The quantitative estimate of drug-likeness (QED) is 0.430. The predicted octanol–water partition coefficient (Wildman–Crippen LogP) is 3.92. The molecule has 9 heteroatoms. The highest BCUT2D eigenvalue weighted by Crippen LogP contribution is 2.32. The number of alkyl halides is 3. The molecule has 124 valence electrons. The van der Waals surface area contributed by atoms with Crippen molar-refractivity contribution in [3.05, 3.63) is 11.8 Å². The molecular weight excluding hydrogens is 325 g/mol. The second-order valence-electron chi connectivity index (χ2n) is 5.93. The minimum Gasteiger partial charge on any atom is -0.414 e. The number of hydrogen-bond donors (Lipinski definition) is 0. The lowest BCUT2D eigenvalue weighted by molar-refractivity contribution is -0.0525. The van der Waals surface area contributed by atoms with Crippen LogP contribution in [0.15, 0.2) is 11.8 Å². The van der Waals surface area contributed by atoms with E-state index in [0.717, 1.165) is 0 Å². The SMILES string of the molecule is CC(C)[Si](C)(C)O[C@@H]1CC=C(OS(=O)(=O)C(F)(F)F)CC1. The fourth-order valence-corrected chi connectivity index (χ4v) is 3.60. The number of hydrogen-bond acceptors (Lipinski definition) is 4. The van der Waals surface area contributed by atoms with Crippen LogP contribution in [0.4, 0.5) is 13.2 Å². The first kappa shape index (κ1) is 18.5. The Balaban J connectivity index is 2.64. The van der Waals surface area contributed by atoms with Crippen LogP contribution >= 0.6 is 0 Å². The highest BCUT2D eigenvalue weighted by Gasteiger charge is 2.49. The maximum Gasteiger partial charge on any atom is 0.534 e. The van der Waals surface area contributed by atoms with Crippen LogP contribution in [-0.4, -0.2) is 28.3 Å². The molecule has 0 amide bonds. The molecular formula is C12H21F3O4SSi. The highest BCUT2D eigenvalue weighted by molar-refractivity contribution is 7.87. The van der Waals surface area contributed by atoms with Crippen molar-refractivity contribution in [2.24, 2.45) is 0 Å². The van der Waals surface area contributed by atoms with E-state index in [9.17, 15) is 21.6 Å². The van der Waals surface area contributed by atoms with Gasteiger partial charge in [0, 0.05) is 12.5 Å². The Morgan fingerprint density at radius 1 is 1.33 bits per heavy atom. The van der Waals surface area contributed by atoms with Gasteiger partial charge in [-0.3, -0.25) is 0 Å². The van der Waals surface area contributed by atoms with Gasteiger partial charge in [0.05, 0.1) is 0 Å². The Kier molecular flexibility index (Phi) is 5.54.